The van der Waals surface area contributed by atoms with E-state index < -0.39 is 0 Å². The molecule has 1 N–H and O–H groups in total. The number of thiophene rings is 1. The first-order valence-electron chi connectivity index (χ1n) is 5.59. The second-order valence-electron chi connectivity index (χ2n) is 4.19. The largest absolute Gasteiger partial charge is 0.382 e. The summed E-state index contributed by atoms with van der Waals surface area (Å²) in [6.07, 6.45) is 1.09. The number of benzene rings is 1. The summed E-state index contributed by atoms with van der Waals surface area (Å²) in [7, 11) is 0. The molecule has 1 nitrogen and oxygen atoms in total. The highest BCUT2D eigenvalue weighted by Crippen LogP contribution is 2.15. The van der Waals surface area contributed by atoms with Gasteiger partial charge in [-0.15, -0.1) is 11.3 Å². The van der Waals surface area contributed by atoms with Crippen LogP contribution < -0.4 is 5.32 Å². The number of hydrogen-bond acceptors (Lipinski definition) is 2. The third kappa shape index (κ3) is 3.11. The van der Waals surface area contributed by atoms with Crippen LogP contribution in [0.15, 0.2) is 41.8 Å². The van der Waals surface area contributed by atoms with Gasteiger partial charge in [-0.1, -0.05) is 23.8 Å². The summed E-state index contributed by atoms with van der Waals surface area (Å²) < 4.78 is 0. The van der Waals surface area contributed by atoms with E-state index in [0.29, 0.717) is 6.04 Å². The normalized spacial score (nSPS) is 12.4. The predicted octanol–water partition coefficient (Wildman–Crippen LogP) is 4.10. The number of aryl methyl sites for hydroxylation is 1. The highest BCUT2D eigenvalue weighted by atomic mass is 32.1. The maximum absolute atomic E-state index is 3.51. The Morgan fingerprint density at radius 2 is 1.94 bits per heavy atom. The molecule has 0 fully saturated rings. The van der Waals surface area contributed by atoms with E-state index in [1.807, 2.05) is 11.3 Å². The van der Waals surface area contributed by atoms with Crippen molar-refractivity contribution in [2.45, 2.75) is 26.3 Å². The van der Waals surface area contributed by atoms with Gasteiger partial charge in [0.15, 0.2) is 0 Å². The fraction of sp³-hybridized carbons (Fsp3) is 0.286. The minimum Gasteiger partial charge on any atom is -0.382 e. The molecule has 1 unspecified atom stereocenters. The standard InChI is InChI=1S/C14H17NS/c1-11-5-7-13(8-6-11)15-12(2)10-14-4-3-9-16-14/h3-9,12,15H,10H2,1-2H3. The molecule has 1 heterocycles. The number of nitrogens with one attached hydrogen (secondary N) is 1. The first-order chi connectivity index (χ1) is 7.74. The van der Waals surface area contributed by atoms with Gasteiger partial charge < -0.3 is 5.32 Å². The van der Waals surface area contributed by atoms with E-state index in [4.69, 9.17) is 0 Å². The minimum absolute atomic E-state index is 0.473. The van der Waals surface area contributed by atoms with Crippen LogP contribution in [0.4, 0.5) is 5.69 Å². The summed E-state index contributed by atoms with van der Waals surface area (Å²) in [6, 6.07) is 13.3. The molecular formula is C14H17NS. The van der Waals surface area contributed by atoms with Crippen LogP contribution >= 0.6 is 11.3 Å². The second-order valence-corrected chi connectivity index (χ2v) is 5.23. The maximum Gasteiger partial charge on any atom is 0.0342 e. The van der Waals surface area contributed by atoms with E-state index in [1.54, 1.807) is 0 Å². The van der Waals surface area contributed by atoms with Crippen molar-refractivity contribution in [3.8, 4) is 0 Å². The van der Waals surface area contributed by atoms with Gasteiger partial charge in [-0.25, -0.2) is 0 Å². The molecule has 0 saturated carbocycles. The quantitative estimate of drug-likeness (QED) is 0.835. The molecule has 2 heteroatoms. The molecule has 1 atom stereocenters. The van der Waals surface area contributed by atoms with E-state index in [0.717, 1.165) is 6.42 Å². The van der Waals surface area contributed by atoms with Gasteiger partial charge in [-0.3, -0.25) is 0 Å². The summed E-state index contributed by atoms with van der Waals surface area (Å²) in [6.45, 7) is 4.33. The van der Waals surface area contributed by atoms with E-state index >= 15 is 0 Å². The molecule has 0 bridgehead atoms. The van der Waals surface area contributed by atoms with Crippen LogP contribution in [-0.2, 0) is 6.42 Å². The second kappa shape index (κ2) is 5.17. The topological polar surface area (TPSA) is 12.0 Å². The molecule has 1 aromatic carbocycles. The Morgan fingerprint density at radius 1 is 1.19 bits per heavy atom. The Labute approximate surface area is 101 Å². The Bertz CT molecular complexity index is 417. The van der Waals surface area contributed by atoms with Crippen LogP contribution in [0, 0.1) is 6.92 Å². The zero-order chi connectivity index (χ0) is 11.4. The fourth-order valence-electron chi connectivity index (χ4n) is 1.72. The molecule has 0 saturated heterocycles. The molecular weight excluding hydrogens is 214 g/mol. The van der Waals surface area contributed by atoms with Crippen molar-refractivity contribution in [3.05, 3.63) is 52.2 Å². The molecule has 2 rings (SSSR count). The SMILES string of the molecule is Cc1ccc(NC(C)Cc2cccs2)cc1. The highest BCUT2D eigenvalue weighted by molar-refractivity contribution is 7.09. The van der Waals surface area contributed by atoms with Crippen molar-refractivity contribution in [2.24, 2.45) is 0 Å². The van der Waals surface area contributed by atoms with E-state index in [2.05, 4.69) is 60.9 Å². The lowest BCUT2D eigenvalue weighted by Gasteiger charge is -2.14. The predicted molar refractivity (Wildman–Crippen MR) is 72.3 cm³/mol. The average molecular weight is 231 g/mol. The first-order valence-corrected chi connectivity index (χ1v) is 6.47. The Hall–Kier alpha value is -1.28. The summed E-state index contributed by atoms with van der Waals surface area (Å²) in [5, 5.41) is 5.65. The molecule has 1 aromatic heterocycles. The molecule has 84 valence electrons. The van der Waals surface area contributed by atoms with Gasteiger partial charge in [0.05, 0.1) is 0 Å². The van der Waals surface area contributed by atoms with Crippen molar-refractivity contribution in [2.75, 3.05) is 5.32 Å². The average Bonchev–Trinajstić information content (AvgIpc) is 2.74. The molecule has 0 aliphatic carbocycles. The molecule has 0 aliphatic heterocycles. The van der Waals surface area contributed by atoms with Gasteiger partial charge in [0.2, 0.25) is 0 Å². The lowest BCUT2D eigenvalue weighted by molar-refractivity contribution is 0.800. The third-order valence-electron chi connectivity index (χ3n) is 2.55. The smallest absolute Gasteiger partial charge is 0.0342 e. The van der Waals surface area contributed by atoms with Gasteiger partial charge >= 0.3 is 0 Å². The van der Waals surface area contributed by atoms with Crippen LogP contribution in [0.2, 0.25) is 0 Å². The van der Waals surface area contributed by atoms with E-state index in [-0.39, 0.29) is 0 Å². The van der Waals surface area contributed by atoms with Crippen molar-refractivity contribution < 1.29 is 0 Å². The van der Waals surface area contributed by atoms with Gasteiger partial charge in [-0.05, 0) is 37.4 Å². The van der Waals surface area contributed by atoms with Crippen LogP contribution in [-0.4, -0.2) is 6.04 Å². The van der Waals surface area contributed by atoms with Gasteiger partial charge in [0.1, 0.15) is 0 Å². The third-order valence-corrected chi connectivity index (χ3v) is 3.45. The highest BCUT2D eigenvalue weighted by Gasteiger charge is 2.03. The monoisotopic (exact) mass is 231 g/mol. The van der Waals surface area contributed by atoms with Crippen LogP contribution in [0.1, 0.15) is 17.4 Å². The van der Waals surface area contributed by atoms with Gasteiger partial charge in [0, 0.05) is 23.0 Å². The number of rotatable bonds is 4. The summed E-state index contributed by atoms with van der Waals surface area (Å²) in [4.78, 5) is 1.44. The lowest BCUT2D eigenvalue weighted by atomic mass is 10.2. The van der Waals surface area contributed by atoms with E-state index in [1.165, 1.54) is 16.1 Å². The first kappa shape index (κ1) is 11.2. The maximum atomic E-state index is 3.51. The van der Waals surface area contributed by atoms with Crippen LogP contribution in [0.5, 0.6) is 0 Å². The zero-order valence-corrected chi connectivity index (χ0v) is 10.6. The molecule has 2 aromatic rings. The molecule has 16 heavy (non-hydrogen) atoms. The molecule has 0 radical (unpaired) electrons. The van der Waals surface area contributed by atoms with Crippen LogP contribution in [0.25, 0.3) is 0 Å². The van der Waals surface area contributed by atoms with Crippen molar-refractivity contribution in [1.29, 1.82) is 0 Å². The summed E-state index contributed by atoms with van der Waals surface area (Å²) in [5.74, 6) is 0. The molecule has 0 amide bonds. The Balaban J connectivity index is 1.92. The van der Waals surface area contributed by atoms with Gasteiger partial charge in [0.25, 0.3) is 0 Å². The summed E-state index contributed by atoms with van der Waals surface area (Å²) in [5.41, 5.74) is 2.51. The fourth-order valence-corrected chi connectivity index (χ4v) is 2.55. The van der Waals surface area contributed by atoms with Crippen molar-refractivity contribution >= 4 is 17.0 Å². The van der Waals surface area contributed by atoms with Crippen molar-refractivity contribution in [1.82, 2.24) is 0 Å². The zero-order valence-electron chi connectivity index (χ0n) is 9.73. The van der Waals surface area contributed by atoms with Crippen LogP contribution in [0.3, 0.4) is 0 Å². The summed E-state index contributed by atoms with van der Waals surface area (Å²) >= 11 is 1.82. The molecule has 0 aliphatic rings. The Morgan fingerprint density at radius 3 is 2.56 bits per heavy atom. The Kier molecular flexibility index (Phi) is 3.62. The van der Waals surface area contributed by atoms with E-state index in [9.17, 15) is 0 Å². The number of hydrogen-bond donors (Lipinski definition) is 1. The minimum atomic E-state index is 0.473. The van der Waals surface area contributed by atoms with Crippen molar-refractivity contribution in [3.63, 3.8) is 0 Å². The lowest BCUT2D eigenvalue weighted by Crippen LogP contribution is -2.17. The van der Waals surface area contributed by atoms with Gasteiger partial charge in [-0.2, -0.15) is 0 Å². The number of anilines is 1. The molecule has 0 spiro atoms.